The average molecular weight is 314 g/mol. The van der Waals surface area contributed by atoms with E-state index in [9.17, 15) is 9.59 Å². The molecule has 2 aromatic rings. The lowest BCUT2D eigenvalue weighted by atomic mass is 9.94. The summed E-state index contributed by atoms with van der Waals surface area (Å²) in [6, 6.07) is 7.65. The lowest BCUT2D eigenvalue weighted by Gasteiger charge is -2.34. The highest BCUT2D eigenvalue weighted by atomic mass is 16.5. The Bertz CT molecular complexity index is 714. The van der Waals surface area contributed by atoms with Crippen molar-refractivity contribution in [2.45, 2.75) is 25.8 Å². The molecule has 5 heteroatoms. The van der Waals surface area contributed by atoms with Gasteiger partial charge in [0.2, 0.25) is 0 Å². The van der Waals surface area contributed by atoms with Crippen LogP contribution in [0.15, 0.2) is 30.5 Å². The zero-order valence-electron chi connectivity index (χ0n) is 13.5. The van der Waals surface area contributed by atoms with Crippen LogP contribution in [0, 0.1) is 5.92 Å². The quantitative estimate of drug-likeness (QED) is 0.696. The number of methoxy groups -OCH3 is 1. The van der Waals surface area contributed by atoms with Gasteiger partial charge in [-0.25, -0.2) is 0 Å². The molecule has 0 bridgehead atoms. The summed E-state index contributed by atoms with van der Waals surface area (Å²) in [7, 11) is 1.43. The summed E-state index contributed by atoms with van der Waals surface area (Å²) in [5, 5.41) is 0.966. The van der Waals surface area contributed by atoms with E-state index >= 15 is 0 Å². The molecule has 1 fully saturated rings. The predicted octanol–water partition coefficient (Wildman–Crippen LogP) is 2.62. The van der Waals surface area contributed by atoms with Gasteiger partial charge < -0.3 is 9.72 Å². The van der Waals surface area contributed by atoms with Gasteiger partial charge in [0.25, 0.3) is 0 Å². The van der Waals surface area contributed by atoms with Crippen LogP contribution in [-0.4, -0.2) is 47.9 Å². The van der Waals surface area contributed by atoms with Gasteiger partial charge in [0.1, 0.15) is 0 Å². The number of benzene rings is 1. The number of likely N-dealkylation sites (tertiary alicyclic amines) is 1. The number of ether oxygens (including phenoxy) is 1. The number of nitrogens with zero attached hydrogens (tertiary/aromatic N) is 1. The molecule has 1 N–H and O–H groups in total. The normalized spacial score (nSPS) is 18.0. The van der Waals surface area contributed by atoms with E-state index in [-0.39, 0.29) is 23.7 Å². The van der Waals surface area contributed by atoms with Crippen molar-refractivity contribution in [3.05, 3.63) is 36.0 Å². The zero-order chi connectivity index (χ0) is 16.4. The fourth-order valence-corrected chi connectivity index (χ4v) is 3.36. The molecule has 0 amide bonds. The summed E-state index contributed by atoms with van der Waals surface area (Å²) in [4.78, 5) is 29.7. The van der Waals surface area contributed by atoms with Crippen molar-refractivity contribution in [1.29, 1.82) is 0 Å². The van der Waals surface area contributed by atoms with Gasteiger partial charge in [0.05, 0.1) is 19.1 Å². The van der Waals surface area contributed by atoms with E-state index in [2.05, 4.69) is 9.88 Å². The summed E-state index contributed by atoms with van der Waals surface area (Å²) in [6.07, 6.45) is 3.29. The van der Waals surface area contributed by atoms with E-state index in [1.165, 1.54) is 7.11 Å². The summed E-state index contributed by atoms with van der Waals surface area (Å²) in [5.41, 5.74) is 1.72. The van der Waals surface area contributed by atoms with Crippen molar-refractivity contribution in [3.63, 3.8) is 0 Å². The first-order chi connectivity index (χ1) is 11.1. The molecule has 3 rings (SSSR count). The minimum Gasteiger partial charge on any atom is -0.469 e. The van der Waals surface area contributed by atoms with Crippen LogP contribution in [0.3, 0.4) is 0 Å². The molecule has 0 aliphatic carbocycles. The number of para-hydroxylation sites is 1. The number of esters is 1. The number of Topliss-reactive ketones (excluding diaryl/α,β-unsaturated/α-hetero) is 1. The molecule has 1 saturated heterocycles. The molecule has 0 unspecified atom stereocenters. The third-order valence-corrected chi connectivity index (χ3v) is 4.85. The van der Waals surface area contributed by atoms with Crippen LogP contribution < -0.4 is 0 Å². The van der Waals surface area contributed by atoms with Crippen molar-refractivity contribution in [2.75, 3.05) is 20.2 Å². The van der Waals surface area contributed by atoms with Crippen molar-refractivity contribution < 1.29 is 14.3 Å². The molecule has 1 aromatic carbocycles. The maximum Gasteiger partial charge on any atom is 0.308 e. The molecule has 0 spiro atoms. The number of carbonyl (C=O) groups excluding carboxylic acids is 2. The highest BCUT2D eigenvalue weighted by Crippen LogP contribution is 2.24. The average Bonchev–Trinajstić information content (AvgIpc) is 3.04. The monoisotopic (exact) mass is 314 g/mol. The third-order valence-electron chi connectivity index (χ3n) is 4.85. The van der Waals surface area contributed by atoms with Gasteiger partial charge in [0.15, 0.2) is 5.78 Å². The zero-order valence-corrected chi connectivity index (χ0v) is 13.5. The van der Waals surface area contributed by atoms with E-state index in [1.54, 1.807) is 6.20 Å². The number of aromatic amines is 1. The summed E-state index contributed by atoms with van der Waals surface area (Å²) in [6.45, 7) is 3.44. The van der Waals surface area contributed by atoms with E-state index < -0.39 is 0 Å². The summed E-state index contributed by atoms with van der Waals surface area (Å²) >= 11 is 0. The van der Waals surface area contributed by atoms with Gasteiger partial charge in [-0.15, -0.1) is 0 Å². The molecular weight excluding hydrogens is 292 g/mol. The Kier molecular flexibility index (Phi) is 4.48. The smallest absolute Gasteiger partial charge is 0.308 e. The van der Waals surface area contributed by atoms with E-state index in [0.717, 1.165) is 42.4 Å². The Hall–Kier alpha value is -2.14. The van der Waals surface area contributed by atoms with E-state index in [1.807, 2.05) is 31.2 Å². The highest BCUT2D eigenvalue weighted by molar-refractivity contribution is 6.10. The van der Waals surface area contributed by atoms with Gasteiger partial charge >= 0.3 is 5.97 Å². The lowest BCUT2D eigenvalue weighted by Crippen LogP contribution is -2.45. The number of H-pyrrole nitrogens is 1. The largest absolute Gasteiger partial charge is 0.469 e. The van der Waals surface area contributed by atoms with Crippen molar-refractivity contribution >= 4 is 22.7 Å². The summed E-state index contributed by atoms with van der Waals surface area (Å²) < 4.78 is 4.81. The SMILES string of the molecule is COC(=O)C1CCN([C@H](C)C(=O)c2c[nH]c3ccccc23)CC1. The number of nitrogens with one attached hydrogen (secondary N) is 1. The van der Waals surface area contributed by atoms with Crippen LogP contribution >= 0.6 is 0 Å². The molecule has 122 valence electrons. The van der Waals surface area contributed by atoms with Crippen molar-refractivity contribution in [2.24, 2.45) is 5.92 Å². The first kappa shape index (κ1) is 15.7. The maximum absolute atomic E-state index is 12.8. The molecule has 1 aliphatic heterocycles. The number of rotatable bonds is 4. The van der Waals surface area contributed by atoms with Gasteiger partial charge in [-0.3, -0.25) is 14.5 Å². The van der Waals surface area contributed by atoms with Crippen LogP contribution in [0.1, 0.15) is 30.1 Å². The molecule has 1 aromatic heterocycles. The number of carbonyl (C=O) groups is 2. The summed E-state index contributed by atoms with van der Waals surface area (Å²) in [5.74, 6) is -0.0501. The fourth-order valence-electron chi connectivity index (χ4n) is 3.36. The van der Waals surface area contributed by atoms with Gasteiger partial charge in [-0.1, -0.05) is 18.2 Å². The highest BCUT2D eigenvalue weighted by Gasteiger charge is 2.31. The second-order valence-electron chi connectivity index (χ2n) is 6.12. The van der Waals surface area contributed by atoms with Gasteiger partial charge in [-0.2, -0.15) is 0 Å². The Labute approximate surface area is 135 Å². The van der Waals surface area contributed by atoms with Gasteiger partial charge in [-0.05, 0) is 38.9 Å². The van der Waals surface area contributed by atoms with Crippen LogP contribution in [0.5, 0.6) is 0 Å². The number of fused-ring (bicyclic) bond motifs is 1. The predicted molar refractivity (Wildman–Crippen MR) is 88.4 cm³/mol. The minimum atomic E-state index is -0.187. The van der Waals surface area contributed by atoms with Crippen LogP contribution in [0.4, 0.5) is 0 Å². The second-order valence-corrected chi connectivity index (χ2v) is 6.12. The third kappa shape index (κ3) is 3.01. The number of aromatic nitrogens is 1. The molecule has 0 radical (unpaired) electrons. The van der Waals surface area contributed by atoms with Crippen LogP contribution in [0.2, 0.25) is 0 Å². The molecule has 23 heavy (non-hydrogen) atoms. The number of hydrogen-bond donors (Lipinski definition) is 1. The molecule has 5 nitrogen and oxygen atoms in total. The Morgan fingerprint density at radius 3 is 2.65 bits per heavy atom. The second kappa shape index (κ2) is 6.54. The topological polar surface area (TPSA) is 62.4 Å². The van der Waals surface area contributed by atoms with Crippen molar-refractivity contribution in [3.8, 4) is 0 Å². The minimum absolute atomic E-state index is 0.0355. The van der Waals surface area contributed by atoms with Crippen LogP contribution in [-0.2, 0) is 9.53 Å². The standard InChI is InChI=1S/C18H22N2O3/c1-12(20-9-7-13(8-10-20)18(22)23-2)17(21)15-11-19-16-6-4-3-5-14(15)16/h3-6,11-13,19H,7-10H2,1-2H3/t12-/m1/s1. The molecule has 1 atom stereocenters. The number of ketones is 1. The Balaban J connectivity index is 1.70. The number of hydrogen-bond acceptors (Lipinski definition) is 4. The Morgan fingerprint density at radius 1 is 1.26 bits per heavy atom. The Morgan fingerprint density at radius 2 is 1.96 bits per heavy atom. The lowest BCUT2D eigenvalue weighted by molar-refractivity contribution is -0.147. The van der Waals surface area contributed by atoms with Gasteiger partial charge in [0, 0.05) is 22.7 Å². The van der Waals surface area contributed by atoms with E-state index in [4.69, 9.17) is 4.74 Å². The van der Waals surface area contributed by atoms with E-state index in [0.29, 0.717) is 0 Å². The van der Waals surface area contributed by atoms with Crippen molar-refractivity contribution in [1.82, 2.24) is 9.88 Å². The first-order valence-corrected chi connectivity index (χ1v) is 8.04. The molecule has 0 saturated carbocycles. The fraction of sp³-hybridized carbons (Fsp3) is 0.444. The maximum atomic E-state index is 12.8. The van der Waals surface area contributed by atoms with Crippen LogP contribution in [0.25, 0.3) is 10.9 Å². The molecule has 1 aliphatic rings. The molecule has 2 heterocycles. The molecular formula is C18H22N2O3. The first-order valence-electron chi connectivity index (χ1n) is 8.04. The number of piperidine rings is 1.